The van der Waals surface area contributed by atoms with Crippen LogP contribution < -0.4 is 0 Å². The number of carbonyl (C=O) groups is 1. The summed E-state index contributed by atoms with van der Waals surface area (Å²) in [6.07, 6.45) is 0. The number of carbonyl (C=O) groups excluding carboxylic acids is 1. The second-order valence-electron chi connectivity index (χ2n) is 4.29. The standard InChI is InChI=1S/C14H13BrFNO/c1-8-4-5-9(2)17(8)13-7-11(15)6-12(10(3)18)14(13)16/h4-7H,1-3H3. The van der Waals surface area contributed by atoms with E-state index in [-0.39, 0.29) is 11.3 Å². The third-order valence-corrected chi connectivity index (χ3v) is 3.37. The van der Waals surface area contributed by atoms with Gasteiger partial charge in [0.05, 0.1) is 11.3 Å². The van der Waals surface area contributed by atoms with Crippen LogP contribution >= 0.6 is 15.9 Å². The molecular weight excluding hydrogens is 297 g/mol. The number of halogens is 2. The van der Waals surface area contributed by atoms with Crippen LogP contribution in [0.3, 0.4) is 0 Å². The Balaban J connectivity index is 2.76. The molecule has 94 valence electrons. The molecule has 2 nitrogen and oxygen atoms in total. The van der Waals surface area contributed by atoms with Gasteiger partial charge in [0.25, 0.3) is 0 Å². The maximum atomic E-state index is 14.4. The summed E-state index contributed by atoms with van der Waals surface area (Å²) in [5.41, 5.74) is 2.36. The number of nitrogens with zero attached hydrogens (tertiary/aromatic N) is 1. The number of Topliss-reactive ketones (excluding diaryl/α,β-unsaturated/α-hetero) is 1. The Morgan fingerprint density at radius 3 is 2.28 bits per heavy atom. The molecule has 0 saturated carbocycles. The van der Waals surface area contributed by atoms with Crippen molar-refractivity contribution in [3.8, 4) is 5.69 Å². The van der Waals surface area contributed by atoms with Crippen LogP contribution in [0.15, 0.2) is 28.7 Å². The molecule has 0 saturated heterocycles. The first-order chi connectivity index (χ1) is 8.41. The van der Waals surface area contributed by atoms with Crippen molar-refractivity contribution in [2.45, 2.75) is 20.8 Å². The second-order valence-corrected chi connectivity index (χ2v) is 5.21. The van der Waals surface area contributed by atoms with E-state index in [1.54, 1.807) is 10.6 Å². The summed E-state index contributed by atoms with van der Waals surface area (Å²) in [5.74, 6) is -0.759. The van der Waals surface area contributed by atoms with Gasteiger partial charge in [0.2, 0.25) is 0 Å². The summed E-state index contributed by atoms with van der Waals surface area (Å²) in [6.45, 7) is 5.17. The summed E-state index contributed by atoms with van der Waals surface area (Å²) in [4.78, 5) is 11.4. The molecule has 2 rings (SSSR count). The highest BCUT2D eigenvalue weighted by Crippen LogP contribution is 2.26. The first-order valence-electron chi connectivity index (χ1n) is 5.57. The molecule has 0 aliphatic carbocycles. The quantitative estimate of drug-likeness (QED) is 0.762. The zero-order valence-electron chi connectivity index (χ0n) is 10.4. The normalized spacial score (nSPS) is 10.7. The molecule has 0 unspecified atom stereocenters. The lowest BCUT2D eigenvalue weighted by atomic mass is 10.1. The maximum Gasteiger partial charge on any atom is 0.162 e. The Morgan fingerprint density at radius 1 is 1.22 bits per heavy atom. The minimum atomic E-state index is -0.479. The Kier molecular flexibility index (Phi) is 3.39. The fraction of sp³-hybridized carbons (Fsp3) is 0.214. The van der Waals surface area contributed by atoms with Crippen molar-refractivity contribution in [3.63, 3.8) is 0 Å². The van der Waals surface area contributed by atoms with Gasteiger partial charge in [-0.2, -0.15) is 0 Å². The van der Waals surface area contributed by atoms with E-state index < -0.39 is 5.82 Å². The van der Waals surface area contributed by atoms with Gasteiger partial charge >= 0.3 is 0 Å². The third-order valence-electron chi connectivity index (χ3n) is 2.91. The van der Waals surface area contributed by atoms with E-state index in [1.165, 1.54) is 13.0 Å². The Morgan fingerprint density at radius 2 is 1.78 bits per heavy atom. The number of aryl methyl sites for hydroxylation is 2. The summed E-state index contributed by atoms with van der Waals surface area (Å²) < 4.78 is 16.9. The topological polar surface area (TPSA) is 22.0 Å². The van der Waals surface area contributed by atoms with Crippen molar-refractivity contribution < 1.29 is 9.18 Å². The predicted molar refractivity (Wildman–Crippen MR) is 72.9 cm³/mol. The van der Waals surface area contributed by atoms with E-state index in [0.29, 0.717) is 10.2 Å². The predicted octanol–water partition coefficient (Wildman–Crippen LogP) is 4.20. The van der Waals surface area contributed by atoms with Gasteiger partial charge in [0.15, 0.2) is 11.6 Å². The van der Waals surface area contributed by atoms with E-state index in [2.05, 4.69) is 15.9 Å². The number of aromatic nitrogens is 1. The number of ketones is 1. The maximum absolute atomic E-state index is 14.4. The Hall–Kier alpha value is -1.42. The SMILES string of the molecule is CC(=O)c1cc(Br)cc(-n2c(C)ccc2C)c1F. The molecule has 2 aromatic rings. The van der Waals surface area contributed by atoms with Crippen molar-refractivity contribution in [3.05, 3.63) is 51.5 Å². The summed E-state index contributed by atoms with van der Waals surface area (Å²) in [7, 11) is 0. The summed E-state index contributed by atoms with van der Waals surface area (Å²) in [5, 5.41) is 0. The van der Waals surface area contributed by atoms with E-state index in [9.17, 15) is 9.18 Å². The van der Waals surface area contributed by atoms with Gasteiger partial charge in [-0.15, -0.1) is 0 Å². The van der Waals surface area contributed by atoms with Gasteiger partial charge in [-0.05, 0) is 45.0 Å². The van der Waals surface area contributed by atoms with Gasteiger partial charge in [-0.3, -0.25) is 4.79 Å². The zero-order valence-corrected chi connectivity index (χ0v) is 12.0. The molecule has 0 aliphatic heterocycles. The molecule has 4 heteroatoms. The summed E-state index contributed by atoms with van der Waals surface area (Å²) in [6, 6.07) is 7.03. The fourth-order valence-electron chi connectivity index (χ4n) is 2.04. The van der Waals surface area contributed by atoms with Crippen LogP contribution in [-0.4, -0.2) is 10.4 Å². The van der Waals surface area contributed by atoms with Crippen LogP contribution in [0.1, 0.15) is 28.7 Å². The van der Waals surface area contributed by atoms with Gasteiger partial charge in [0.1, 0.15) is 0 Å². The molecular formula is C14H13BrFNO. The van der Waals surface area contributed by atoms with Crippen molar-refractivity contribution in [2.75, 3.05) is 0 Å². The Bertz CT molecular complexity index is 611. The molecule has 0 aliphatic rings. The van der Waals surface area contributed by atoms with Crippen molar-refractivity contribution >= 4 is 21.7 Å². The molecule has 0 atom stereocenters. The smallest absolute Gasteiger partial charge is 0.162 e. The highest BCUT2D eigenvalue weighted by atomic mass is 79.9. The van der Waals surface area contributed by atoms with Gasteiger partial charge in [-0.25, -0.2) is 4.39 Å². The average molecular weight is 310 g/mol. The minimum absolute atomic E-state index is 0.104. The van der Waals surface area contributed by atoms with E-state index >= 15 is 0 Å². The molecule has 0 N–H and O–H groups in total. The average Bonchev–Trinajstić information content (AvgIpc) is 2.61. The molecule has 0 amide bonds. The molecule has 1 aromatic heterocycles. The molecule has 0 fully saturated rings. The highest BCUT2D eigenvalue weighted by Gasteiger charge is 2.16. The van der Waals surface area contributed by atoms with Crippen molar-refractivity contribution in [2.24, 2.45) is 0 Å². The molecule has 1 heterocycles. The number of hydrogen-bond acceptors (Lipinski definition) is 1. The monoisotopic (exact) mass is 309 g/mol. The van der Waals surface area contributed by atoms with Crippen LogP contribution in [0.4, 0.5) is 4.39 Å². The van der Waals surface area contributed by atoms with Gasteiger partial charge in [0, 0.05) is 15.9 Å². The Labute approximate surface area is 114 Å². The molecule has 0 spiro atoms. The van der Waals surface area contributed by atoms with Crippen molar-refractivity contribution in [1.82, 2.24) is 4.57 Å². The lowest BCUT2D eigenvalue weighted by molar-refractivity contribution is 0.101. The van der Waals surface area contributed by atoms with E-state index in [1.807, 2.05) is 26.0 Å². The lowest BCUT2D eigenvalue weighted by Gasteiger charge is -2.13. The highest BCUT2D eigenvalue weighted by molar-refractivity contribution is 9.10. The fourth-order valence-corrected chi connectivity index (χ4v) is 2.49. The second kappa shape index (κ2) is 4.69. The van der Waals surface area contributed by atoms with E-state index in [0.717, 1.165) is 11.4 Å². The van der Waals surface area contributed by atoms with Crippen LogP contribution in [0, 0.1) is 19.7 Å². The summed E-state index contributed by atoms with van der Waals surface area (Å²) >= 11 is 3.32. The molecule has 0 radical (unpaired) electrons. The van der Waals surface area contributed by atoms with Crippen LogP contribution in [0.5, 0.6) is 0 Å². The van der Waals surface area contributed by atoms with Gasteiger partial charge in [-0.1, -0.05) is 15.9 Å². The van der Waals surface area contributed by atoms with Gasteiger partial charge < -0.3 is 4.57 Å². The third kappa shape index (κ3) is 2.12. The van der Waals surface area contributed by atoms with Crippen molar-refractivity contribution in [1.29, 1.82) is 0 Å². The first kappa shape index (κ1) is 13.0. The molecule has 1 aromatic carbocycles. The van der Waals surface area contributed by atoms with Crippen LogP contribution in [0.2, 0.25) is 0 Å². The van der Waals surface area contributed by atoms with Crippen LogP contribution in [-0.2, 0) is 0 Å². The molecule has 0 bridgehead atoms. The number of benzene rings is 1. The minimum Gasteiger partial charge on any atom is -0.316 e. The number of rotatable bonds is 2. The molecule has 18 heavy (non-hydrogen) atoms. The largest absolute Gasteiger partial charge is 0.316 e. The zero-order chi connectivity index (χ0) is 13.4. The number of hydrogen-bond donors (Lipinski definition) is 0. The lowest BCUT2D eigenvalue weighted by Crippen LogP contribution is -2.07. The first-order valence-corrected chi connectivity index (χ1v) is 6.36. The van der Waals surface area contributed by atoms with E-state index in [4.69, 9.17) is 0 Å². The van der Waals surface area contributed by atoms with Crippen LogP contribution in [0.25, 0.3) is 5.69 Å².